The molecule has 2 aromatic rings. The molecule has 1 aliphatic rings. The van der Waals surface area contributed by atoms with Crippen LogP contribution in [0.2, 0.25) is 0 Å². The minimum absolute atomic E-state index is 0.0566. The summed E-state index contributed by atoms with van der Waals surface area (Å²) in [5, 5.41) is 13.1. The summed E-state index contributed by atoms with van der Waals surface area (Å²) >= 11 is 0. The molecule has 168 valence electrons. The van der Waals surface area contributed by atoms with Crippen molar-refractivity contribution in [3.05, 3.63) is 66.2 Å². The number of aliphatic hydroxyl groups excluding tert-OH is 1. The van der Waals surface area contributed by atoms with Crippen molar-refractivity contribution in [2.24, 2.45) is 0 Å². The van der Waals surface area contributed by atoms with Gasteiger partial charge in [-0.3, -0.25) is 19.3 Å². The van der Waals surface area contributed by atoms with E-state index >= 15 is 0 Å². The van der Waals surface area contributed by atoms with Gasteiger partial charge in [0.2, 0.25) is 5.91 Å². The Morgan fingerprint density at radius 3 is 2.38 bits per heavy atom. The van der Waals surface area contributed by atoms with Crippen LogP contribution in [0.3, 0.4) is 0 Å². The Balaban J connectivity index is 1.61. The van der Waals surface area contributed by atoms with E-state index in [1.54, 1.807) is 18.2 Å². The number of aliphatic hydroxyl groups is 1. The molecule has 2 aromatic carbocycles. The van der Waals surface area contributed by atoms with Gasteiger partial charge in [0.15, 0.2) is 9.84 Å². The third kappa shape index (κ3) is 5.59. The lowest BCUT2D eigenvalue weighted by atomic mass is 10.1. The Morgan fingerprint density at radius 1 is 1.09 bits per heavy atom. The van der Waals surface area contributed by atoms with E-state index in [0.717, 1.165) is 17.1 Å². The quantitative estimate of drug-likeness (QED) is 0.544. The van der Waals surface area contributed by atoms with Crippen LogP contribution in [-0.4, -0.2) is 55.6 Å². The maximum atomic E-state index is 12.6. The summed E-state index contributed by atoms with van der Waals surface area (Å²) in [6, 6.07) is 12.0. The van der Waals surface area contributed by atoms with Crippen molar-refractivity contribution in [2.75, 3.05) is 24.7 Å². The zero-order valence-corrected chi connectivity index (χ0v) is 18.0. The zero-order valence-electron chi connectivity index (χ0n) is 17.2. The van der Waals surface area contributed by atoms with Crippen molar-refractivity contribution in [1.82, 2.24) is 4.90 Å². The molecule has 0 fully saturated rings. The Morgan fingerprint density at radius 2 is 1.75 bits per heavy atom. The van der Waals surface area contributed by atoms with Crippen LogP contribution in [-0.2, 0) is 24.2 Å². The van der Waals surface area contributed by atoms with Gasteiger partial charge in [-0.05, 0) is 42.0 Å². The number of ether oxygens (including phenoxy) is 1. The normalized spacial score (nSPS) is 14.5. The fourth-order valence-corrected chi connectivity index (χ4v) is 4.45. The molecule has 3 rings (SSSR count). The van der Waals surface area contributed by atoms with E-state index in [0.29, 0.717) is 17.0 Å². The third-order valence-electron chi connectivity index (χ3n) is 4.81. The lowest BCUT2D eigenvalue weighted by Crippen LogP contribution is -2.33. The van der Waals surface area contributed by atoms with E-state index in [9.17, 15) is 27.9 Å². The number of methoxy groups -OCH3 is 1. The Kier molecular flexibility index (Phi) is 7.06. The molecule has 9 nitrogen and oxygen atoms in total. The van der Waals surface area contributed by atoms with Crippen molar-refractivity contribution in [3.63, 3.8) is 0 Å². The van der Waals surface area contributed by atoms with Crippen LogP contribution >= 0.6 is 0 Å². The van der Waals surface area contributed by atoms with Gasteiger partial charge in [-0.1, -0.05) is 12.1 Å². The second kappa shape index (κ2) is 9.75. The molecule has 1 unspecified atom stereocenters. The summed E-state index contributed by atoms with van der Waals surface area (Å²) in [5.41, 5.74) is 0.666. The van der Waals surface area contributed by atoms with Crippen molar-refractivity contribution < 1.29 is 32.6 Å². The molecule has 2 N–H and O–H groups in total. The number of imide groups is 1. The number of amides is 3. The Bertz CT molecular complexity index is 1140. The maximum absolute atomic E-state index is 12.6. The van der Waals surface area contributed by atoms with Gasteiger partial charge >= 0.3 is 0 Å². The number of hydrogen-bond donors (Lipinski definition) is 2. The second-order valence-electron chi connectivity index (χ2n) is 7.06. The number of nitrogens with zero attached hydrogens (tertiary/aromatic N) is 1. The van der Waals surface area contributed by atoms with Crippen molar-refractivity contribution in [3.8, 4) is 5.75 Å². The second-order valence-corrected chi connectivity index (χ2v) is 9.09. The molecule has 0 aliphatic carbocycles. The fourth-order valence-electron chi connectivity index (χ4n) is 3.10. The van der Waals surface area contributed by atoms with Crippen LogP contribution in [0.1, 0.15) is 18.1 Å². The van der Waals surface area contributed by atoms with Gasteiger partial charge in [-0.2, -0.15) is 0 Å². The minimum atomic E-state index is -3.77. The van der Waals surface area contributed by atoms with Crippen LogP contribution in [0.25, 0.3) is 0 Å². The molecule has 0 radical (unpaired) electrons. The highest BCUT2D eigenvalue weighted by atomic mass is 32.2. The monoisotopic (exact) mass is 458 g/mol. The summed E-state index contributed by atoms with van der Waals surface area (Å²) in [5.74, 6) is -1.39. The van der Waals surface area contributed by atoms with Gasteiger partial charge in [0.05, 0.1) is 23.9 Å². The van der Waals surface area contributed by atoms with Gasteiger partial charge in [0, 0.05) is 30.8 Å². The predicted molar refractivity (Wildman–Crippen MR) is 116 cm³/mol. The number of hydrogen-bond acceptors (Lipinski definition) is 7. The number of anilines is 1. The molecular weight excluding hydrogens is 436 g/mol. The SMILES string of the molecule is COc1ccc(S(=O)(=O)CC(O)c2cccc(NC(=O)CCN3C(=O)C=CC3=O)c2)cc1. The number of nitrogens with one attached hydrogen (secondary N) is 1. The highest BCUT2D eigenvalue weighted by Crippen LogP contribution is 2.24. The lowest BCUT2D eigenvalue weighted by molar-refractivity contribution is -0.137. The van der Waals surface area contributed by atoms with Gasteiger partial charge in [-0.25, -0.2) is 8.42 Å². The van der Waals surface area contributed by atoms with Crippen LogP contribution in [0.15, 0.2) is 65.6 Å². The first-order chi connectivity index (χ1) is 15.2. The van der Waals surface area contributed by atoms with Gasteiger partial charge in [-0.15, -0.1) is 0 Å². The van der Waals surface area contributed by atoms with Gasteiger partial charge < -0.3 is 15.2 Å². The van der Waals surface area contributed by atoms with Crippen molar-refractivity contribution in [1.29, 1.82) is 0 Å². The van der Waals surface area contributed by atoms with Crippen LogP contribution < -0.4 is 10.1 Å². The van der Waals surface area contributed by atoms with Crippen molar-refractivity contribution >= 4 is 33.2 Å². The molecule has 3 amide bonds. The molecule has 10 heteroatoms. The maximum Gasteiger partial charge on any atom is 0.253 e. The zero-order chi connectivity index (χ0) is 23.3. The van der Waals surface area contributed by atoms with E-state index < -0.39 is 39.4 Å². The molecule has 0 saturated heterocycles. The Labute approximate surface area is 185 Å². The largest absolute Gasteiger partial charge is 0.497 e. The highest BCUT2D eigenvalue weighted by molar-refractivity contribution is 7.91. The lowest BCUT2D eigenvalue weighted by Gasteiger charge is -2.15. The standard InChI is InChI=1S/C22H22N2O7S/c1-31-17-5-7-18(8-6-17)32(29,30)14-19(25)15-3-2-4-16(13-15)23-20(26)11-12-24-21(27)9-10-22(24)28/h2-10,13,19,25H,11-12,14H2,1H3,(H,23,26). The Hall–Kier alpha value is -3.50. The number of carbonyl (C=O) groups is 3. The van der Waals surface area contributed by atoms with Crippen molar-refractivity contribution in [2.45, 2.75) is 17.4 Å². The summed E-state index contributed by atoms with van der Waals surface area (Å²) in [4.78, 5) is 36.3. The van der Waals surface area contributed by atoms with E-state index in [1.807, 2.05) is 0 Å². The number of sulfone groups is 1. The molecule has 0 saturated carbocycles. The summed E-state index contributed by atoms with van der Waals surface area (Å²) in [6.07, 6.45) is 0.874. The number of carbonyl (C=O) groups excluding carboxylic acids is 3. The first-order valence-electron chi connectivity index (χ1n) is 9.68. The first-order valence-corrected chi connectivity index (χ1v) is 11.3. The predicted octanol–water partition coefficient (Wildman–Crippen LogP) is 1.46. The number of rotatable bonds is 9. The van der Waals surface area contributed by atoms with Gasteiger partial charge in [0.1, 0.15) is 5.75 Å². The molecule has 32 heavy (non-hydrogen) atoms. The first kappa shape index (κ1) is 23.2. The van der Waals surface area contributed by atoms with E-state index in [4.69, 9.17) is 4.74 Å². The molecule has 0 spiro atoms. The summed E-state index contributed by atoms with van der Waals surface area (Å²) < 4.78 is 30.2. The molecule has 0 bridgehead atoms. The smallest absolute Gasteiger partial charge is 0.253 e. The van der Waals surface area contributed by atoms with E-state index in [-0.39, 0.29) is 17.9 Å². The highest BCUT2D eigenvalue weighted by Gasteiger charge is 2.24. The average Bonchev–Trinajstić information content (AvgIpc) is 3.09. The topological polar surface area (TPSA) is 130 Å². The van der Waals surface area contributed by atoms with Gasteiger partial charge in [0.25, 0.3) is 11.8 Å². The summed E-state index contributed by atoms with van der Waals surface area (Å²) in [6.45, 7) is -0.0566. The molecule has 0 aromatic heterocycles. The van der Waals surface area contributed by atoms with E-state index in [2.05, 4.69) is 5.32 Å². The average molecular weight is 458 g/mol. The van der Waals surface area contributed by atoms with Crippen LogP contribution in [0.5, 0.6) is 5.75 Å². The van der Waals surface area contributed by atoms with Crippen LogP contribution in [0.4, 0.5) is 5.69 Å². The third-order valence-corrected chi connectivity index (χ3v) is 6.56. The fraction of sp³-hybridized carbons (Fsp3) is 0.227. The number of benzene rings is 2. The molecule has 1 aliphatic heterocycles. The van der Waals surface area contributed by atoms with Crippen LogP contribution in [0, 0.1) is 0 Å². The molecule has 1 atom stereocenters. The summed E-state index contributed by atoms with van der Waals surface area (Å²) in [7, 11) is -2.29. The van der Waals surface area contributed by atoms with E-state index in [1.165, 1.54) is 37.4 Å². The molecule has 1 heterocycles. The minimum Gasteiger partial charge on any atom is -0.497 e. The molecular formula is C22H22N2O7S.